The molecule has 0 saturated carbocycles. The maximum atomic E-state index is 5.42. The van der Waals surface area contributed by atoms with Crippen LogP contribution in [0.25, 0.3) is 0 Å². The maximum Gasteiger partial charge on any atom is 0.0594 e. The molecule has 0 amide bonds. The molecule has 0 radical (unpaired) electrons. The summed E-state index contributed by atoms with van der Waals surface area (Å²) < 4.78 is 5.42. The van der Waals surface area contributed by atoms with Crippen LogP contribution in [0.5, 0.6) is 0 Å². The van der Waals surface area contributed by atoms with E-state index in [2.05, 4.69) is 25.7 Å². The van der Waals surface area contributed by atoms with Crippen LogP contribution in [0.1, 0.15) is 52.9 Å². The molecule has 0 spiro atoms. The Hall–Kier alpha value is -0.0800. The molecular weight excluding hydrogens is 210 g/mol. The molecule has 2 heteroatoms. The lowest BCUT2D eigenvalue weighted by atomic mass is 9.92. The summed E-state index contributed by atoms with van der Waals surface area (Å²) >= 11 is 0. The van der Waals surface area contributed by atoms with Gasteiger partial charge in [-0.15, -0.1) is 0 Å². The predicted octanol–water partition coefficient (Wildman–Crippen LogP) is 3.56. The Kier molecular flexibility index (Phi) is 7.87. The lowest BCUT2D eigenvalue weighted by molar-refractivity contribution is 0.0289. The van der Waals surface area contributed by atoms with Crippen molar-refractivity contribution in [3.8, 4) is 0 Å². The highest BCUT2D eigenvalue weighted by molar-refractivity contribution is 4.69. The molecule has 0 aliphatic carbocycles. The minimum absolute atomic E-state index is 0.902. The first-order valence-electron chi connectivity index (χ1n) is 7.56. The van der Waals surface area contributed by atoms with Gasteiger partial charge in [0.2, 0.25) is 0 Å². The summed E-state index contributed by atoms with van der Waals surface area (Å²) in [7, 11) is 0. The molecule has 0 aromatic carbocycles. The van der Waals surface area contributed by atoms with E-state index in [0.717, 1.165) is 38.1 Å². The SMILES string of the molecule is CCCC(CCC(C)CC)CN1CCOCC1. The molecule has 0 aromatic heterocycles. The first-order valence-corrected chi connectivity index (χ1v) is 7.56. The van der Waals surface area contributed by atoms with Crippen molar-refractivity contribution < 1.29 is 4.74 Å². The molecule has 2 unspecified atom stereocenters. The van der Waals surface area contributed by atoms with Gasteiger partial charge in [0.05, 0.1) is 13.2 Å². The van der Waals surface area contributed by atoms with Gasteiger partial charge in [0.25, 0.3) is 0 Å². The predicted molar refractivity (Wildman–Crippen MR) is 74.3 cm³/mol. The molecule has 2 atom stereocenters. The van der Waals surface area contributed by atoms with E-state index in [9.17, 15) is 0 Å². The van der Waals surface area contributed by atoms with Crippen LogP contribution >= 0.6 is 0 Å². The zero-order valence-corrected chi connectivity index (χ0v) is 12.1. The van der Waals surface area contributed by atoms with E-state index in [1.807, 2.05) is 0 Å². The van der Waals surface area contributed by atoms with E-state index >= 15 is 0 Å². The van der Waals surface area contributed by atoms with Gasteiger partial charge >= 0.3 is 0 Å². The molecule has 17 heavy (non-hydrogen) atoms. The van der Waals surface area contributed by atoms with Gasteiger partial charge in [-0.25, -0.2) is 0 Å². The van der Waals surface area contributed by atoms with Gasteiger partial charge in [0.1, 0.15) is 0 Å². The topological polar surface area (TPSA) is 12.5 Å². The fraction of sp³-hybridized carbons (Fsp3) is 1.00. The number of morpholine rings is 1. The largest absolute Gasteiger partial charge is 0.379 e. The zero-order valence-electron chi connectivity index (χ0n) is 12.1. The fourth-order valence-corrected chi connectivity index (χ4v) is 2.61. The summed E-state index contributed by atoms with van der Waals surface area (Å²) in [6, 6.07) is 0. The number of nitrogens with zero attached hydrogens (tertiary/aromatic N) is 1. The van der Waals surface area contributed by atoms with Crippen LogP contribution in [-0.4, -0.2) is 37.7 Å². The van der Waals surface area contributed by atoms with Crippen LogP contribution < -0.4 is 0 Å². The molecule has 1 heterocycles. The van der Waals surface area contributed by atoms with Crippen molar-refractivity contribution in [2.24, 2.45) is 11.8 Å². The average Bonchev–Trinajstić information content (AvgIpc) is 2.37. The van der Waals surface area contributed by atoms with E-state index in [1.165, 1.54) is 38.6 Å². The second-order valence-electron chi connectivity index (χ2n) is 5.66. The number of rotatable bonds is 8. The summed E-state index contributed by atoms with van der Waals surface area (Å²) in [6.07, 6.45) is 6.88. The molecule has 1 aliphatic rings. The van der Waals surface area contributed by atoms with Gasteiger partial charge in [0, 0.05) is 19.6 Å². The smallest absolute Gasteiger partial charge is 0.0594 e. The summed E-state index contributed by atoms with van der Waals surface area (Å²) in [6.45, 7) is 12.5. The Bertz CT molecular complexity index is 178. The molecular formula is C15H31NO. The van der Waals surface area contributed by atoms with Gasteiger partial charge in [0.15, 0.2) is 0 Å². The summed E-state index contributed by atoms with van der Waals surface area (Å²) in [4.78, 5) is 2.60. The Morgan fingerprint density at radius 1 is 1.06 bits per heavy atom. The van der Waals surface area contributed by atoms with E-state index in [1.54, 1.807) is 0 Å². The van der Waals surface area contributed by atoms with Crippen molar-refractivity contribution in [2.45, 2.75) is 52.9 Å². The van der Waals surface area contributed by atoms with Crippen LogP contribution in [0.15, 0.2) is 0 Å². The first kappa shape index (κ1) is 15.0. The molecule has 2 nitrogen and oxygen atoms in total. The number of ether oxygens (including phenoxy) is 1. The standard InChI is InChI=1S/C15H31NO/c1-4-6-15(8-7-14(3)5-2)13-16-9-11-17-12-10-16/h14-15H,4-13H2,1-3H3. The lowest BCUT2D eigenvalue weighted by Crippen LogP contribution is -2.39. The second kappa shape index (κ2) is 8.93. The van der Waals surface area contributed by atoms with Crippen molar-refractivity contribution in [2.75, 3.05) is 32.8 Å². The van der Waals surface area contributed by atoms with Gasteiger partial charge in [-0.05, 0) is 24.7 Å². The van der Waals surface area contributed by atoms with Crippen LogP contribution in [0.3, 0.4) is 0 Å². The van der Waals surface area contributed by atoms with Crippen LogP contribution in [0.4, 0.5) is 0 Å². The summed E-state index contributed by atoms with van der Waals surface area (Å²) in [5.41, 5.74) is 0. The van der Waals surface area contributed by atoms with Gasteiger partial charge in [-0.2, -0.15) is 0 Å². The molecule has 1 rings (SSSR count). The molecule has 0 bridgehead atoms. The van der Waals surface area contributed by atoms with Crippen molar-refractivity contribution in [1.29, 1.82) is 0 Å². The Balaban J connectivity index is 2.25. The Labute approximate surface area is 108 Å². The highest BCUT2D eigenvalue weighted by Gasteiger charge is 2.16. The van der Waals surface area contributed by atoms with Gasteiger partial charge in [-0.3, -0.25) is 4.90 Å². The fourth-order valence-electron chi connectivity index (χ4n) is 2.61. The highest BCUT2D eigenvalue weighted by Crippen LogP contribution is 2.20. The molecule has 0 N–H and O–H groups in total. The quantitative estimate of drug-likeness (QED) is 0.644. The van der Waals surface area contributed by atoms with Crippen molar-refractivity contribution in [1.82, 2.24) is 4.90 Å². The normalized spacial score (nSPS) is 21.4. The minimum atomic E-state index is 0.902. The third-order valence-corrected chi connectivity index (χ3v) is 4.08. The van der Waals surface area contributed by atoms with E-state index in [-0.39, 0.29) is 0 Å². The molecule has 1 saturated heterocycles. The van der Waals surface area contributed by atoms with Crippen molar-refractivity contribution in [3.05, 3.63) is 0 Å². The molecule has 0 aromatic rings. The molecule has 1 aliphatic heterocycles. The Morgan fingerprint density at radius 3 is 2.35 bits per heavy atom. The number of hydrogen-bond acceptors (Lipinski definition) is 2. The van der Waals surface area contributed by atoms with E-state index in [0.29, 0.717) is 0 Å². The average molecular weight is 241 g/mol. The lowest BCUT2D eigenvalue weighted by Gasteiger charge is -2.30. The summed E-state index contributed by atoms with van der Waals surface area (Å²) in [5.74, 6) is 1.81. The second-order valence-corrected chi connectivity index (χ2v) is 5.66. The molecule has 1 fully saturated rings. The summed E-state index contributed by atoms with van der Waals surface area (Å²) in [5, 5.41) is 0. The molecule has 102 valence electrons. The van der Waals surface area contributed by atoms with Gasteiger partial charge in [-0.1, -0.05) is 40.0 Å². The third-order valence-electron chi connectivity index (χ3n) is 4.08. The van der Waals surface area contributed by atoms with Crippen molar-refractivity contribution >= 4 is 0 Å². The van der Waals surface area contributed by atoms with Crippen LogP contribution in [-0.2, 0) is 4.74 Å². The van der Waals surface area contributed by atoms with E-state index < -0.39 is 0 Å². The minimum Gasteiger partial charge on any atom is -0.379 e. The number of hydrogen-bond donors (Lipinski definition) is 0. The van der Waals surface area contributed by atoms with E-state index in [4.69, 9.17) is 4.74 Å². The highest BCUT2D eigenvalue weighted by atomic mass is 16.5. The first-order chi connectivity index (χ1) is 8.26. The van der Waals surface area contributed by atoms with Crippen molar-refractivity contribution in [3.63, 3.8) is 0 Å². The van der Waals surface area contributed by atoms with Crippen LogP contribution in [0, 0.1) is 11.8 Å². The van der Waals surface area contributed by atoms with Crippen LogP contribution in [0.2, 0.25) is 0 Å². The monoisotopic (exact) mass is 241 g/mol. The Morgan fingerprint density at radius 2 is 1.76 bits per heavy atom. The maximum absolute atomic E-state index is 5.42. The van der Waals surface area contributed by atoms with Gasteiger partial charge < -0.3 is 4.74 Å². The zero-order chi connectivity index (χ0) is 12.5. The third kappa shape index (κ3) is 6.42.